The van der Waals surface area contributed by atoms with Gasteiger partial charge in [0.25, 0.3) is 0 Å². The number of piperidine rings is 1. The van der Waals surface area contributed by atoms with Crippen LogP contribution in [0.5, 0.6) is 0 Å². The summed E-state index contributed by atoms with van der Waals surface area (Å²) in [6, 6.07) is 0. The molecule has 0 spiro atoms. The molecule has 1 unspecified atom stereocenters. The Morgan fingerprint density at radius 1 is 1.50 bits per heavy atom. The van der Waals surface area contributed by atoms with Crippen molar-refractivity contribution in [2.45, 2.75) is 19.8 Å². The minimum absolute atomic E-state index is 0.0185. The summed E-state index contributed by atoms with van der Waals surface area (Å²) in [5.74, 6) is -0.375. The molecule has 3 nitrogen and oxygen atoms in total. The maximum absolute atomic E-state index is 11.5. The lowest BCUT2D eigenvalue weighted by molar-refractivity contribution is -0.141. The summed E-state index contributed by atoms with van der Waals surface area (Å²) in [5, 5.41) is 0. The first kappa shape index (κ1) is 7.53. The Balaban J connectivity index is 2.30. The number of hydrogen-bond acceptors (Lipinski definition) is 2. The molecule has 3 heteroatoms. The van der Waals surface area contributed by atoms with E-state index in [4.69, 9.17) is 0 Å². The van der Waals surface area contributed by atoms with E-state index in [9.17, 15) is 9.59 Å². The van der Waals surface area contributed by atoms with Crippen LogP contribution in [0.1, 0.15) is 19.8 Å². The number of fused-ring (bicyclic) bond motifs is 1. The Morgan fingerprint density at radius 3 is 3.00 bits per heavy atom. The largest absolute Gasteiger partial charge is 0.315 e. The molecule has 0 aromatic carbocycles. The van der Waals surface area contributed by atoms with Crippen LogP contribution < -0.4 is 0 Å². The molecule has 1 amide bonds. The lowest BCUT2D eigenvalue weighted by Gasteiger charge is -2.28. The van der Waals surface area contributed by atoms with Crippen LogP contribution >= 0.6 is 0 Å². The third kappa shape index (κ3) is 0.891. The van der Waals surface area contributed by atoms with Gasteiger partial charge in [0.05, 0.1) is 5.92 Å². The highest BCUT2D eigenvalue weighted by Crippen LogP contribution is 2.27. The number of amides is 1. The number of carbonyl (C=O) groups excluding carboxylic acids is 2. The molecule has 2 aliphatic heterocycles. The second-order valence-electron chi connectivity index (χ2n) is 3.34. The molecular weight excluding hydrogens is 154 g/mol. The van der Waals surface area contributed by atoms with Crippen molar-refractivity contribution in [2.75, 3.05) is 6.54 Å². The molecule has 1 fully saturated rings. The molecule has 0 aromatic heterocycles. The van der Waals surface area contributed by atoms with E-state index in [1.807, 2.05) is 6.08 Å². The maximum atomic E-state index is 11.5. The molecular formula is C9H11NO2. The molecule has 0 bridgehead atoms. The summed E-state index contributed by atoms with van der Waals surface area (Å²) in [6.07, 6.45) is 3.34. The van der Waals surface area contributed by atoms with Crippen LogP contribution in [0.25, 0.3) is 0 Å². The fourth-order valence-corrected chi connectivity index (χ4v) is 1.74. The van der Waals surface area contributed by atoms with Crippen LogP contribution in [0.15, 0.2) is 11.8 Å². The number of carbonyl (C=O) groups is 2. The van der Waals surface area contributed by atoms with Crippen LogP contribution in [0.3, 0.4) is 0 Å². The van der Waals surface area contributed by atoms with Gasteiger partial charge in [-0.15, -0.1) is 0 Å². The highest BCUT2D eigenvalue weighted by atomic mass is 16.2. The van der Waals surface area contributed by atoms with Crippen LogP contribution in [0.2, 0.25) is 0 Å². The maximum Gasteiger partial charge on any atom is 0.237 e. The minimum atomic E-state index is -0.416. The van der Waals surface area contributed by atoms with Crippen molar-refractivity contribution < 1.29 is 9.59 Å². The summed E-state index contributed by atoms with van der Waals surface area (Å²) < 4.78 is 0. The SMILES string of the molecule is CC1C(=O)CC2=CCCN2C1=O. The number of allylic oxidation sites excluding steroid dienone is 1. The summed E-state index contributed by atoms with van der Waals surface area (Å²) in [4.78, 5) is 24.5. The van der Waals surface area contributed by atoms with Gasteiger partial charge in [-0.1, -0.05) is 6.08 Å². The smallest absolute Gasteiger partial charge is 0.237 e. The van der Waals surface area contributed by atoms with Gasteiger partial charge in [0.2, 0.25) is 5.91 Å². The van der Waals surface area contributed by atoms with Crippen LogP contribution in [0.4, 0.5) is 0 Å². The van der Waals surface area contributed by atoms with E-state index >= 15 is 0 Å². The zero-order valence-electron chi connectivity index (χ0n) is 7.04. The number of rotatable bonds is 0. The average Bonchev–Trinajstić information content (AvgIpc) is 2.48. The Kier molecular flexibility index (Phi) is 1.53. The van der Waals surface area contributed by atoms with Crippen molar-refractivity contribution in [3.05, 3.63) is 11.8 Å². The van der Waals surface area contributed by atoms with Crippen molar-refractivity contribution in [2.24, 2.45) is 5.92 Å². The predicted molar refractivity (Wildman–Crippen MR) is 43.2 cm³/mol. The lowest BCUT2D eigenvalue weighted by Crippen LogP contribution is -2.41. The Morgan fingerprint density at radius 2 is 2.25 bits per heavy atom. The van der Waals surface area contributed by atoms with E-state index in [0.717, 1.165) is 18.7 Å². The second-order valence-corrected chi connectivity index (χ2v) is 3.34. The number of ketones is 1. The molecule has 0 saturated carbocycles. The summed E-state index contributed by atoms with van der Waals surface area (Å²) in [6.45, 7) is 2.46. The van der Waals surface area contributed by atoms with Gasteiger partial charge in [-0.3, -0.25) is 9.59 Å². The Hall–Kier alpha value is -1.12. The van der Waals surface area contributed by atoms with Gasteiger partial charge in [0.1, 0.15) is 0 Å². The first-order valence-electron chi connectivity index (χ1n) is 4.23. The molecule has 2 heterocycles. The number of nitrogens with zero attached hydrogens (tertiary/aromatic N) is 1. The zero-order valence-corrected chi connectivity index (χ0v) is 7.04. The molecule has 12 heavy (non-hydrogen) atoms. The van der Waals surface area contributed by atoms with E-state index < -0.39 is 5.92 Å². The van der Waals surface area contributed by atoms with Gasteiger partial charge in [-0.25, -0.2) is 0 Å². The quantitative estimate of drug-likeness (QED) is 0.496. The van der Waals surface area contributed by atoms with Crippen molar-refractivity contribution >= 4 is 11.7 Å². The van der Waals surface area contributed by atoms with Gasteiger partial charge in [-0.2, -0.15) is 0 Å². The normalized spacial score (nSPS) is 28.9. The Bertz CT molecular complexity index is 280. The monoisotopic (exact) mass is 165 g/mol. The molecule has 0 radical (unpaired) electrons. The molecule has 0 aromatic rings. The number of hydrogen-bond donors (Lipinski definition) is 0. The van der Waals surface area contributed by atoms with Gasteiger partial charge in [-0.05, 0) is 13.3 Å². The first-order chi connectivity index (χ1) is 5.70. The van der Waals surface area contributed by atoms with Gasteiger partial charge in [0.15, 0.2) is 5.78 Å². The zero-order chi connectivity index (χ0) is 8.72. The second kappa shape index (κ2) is 2.44. The Labute approximate surface area is 71.0 Å². The third-order valence-electron chi connectivity index (χ3n) is 2.55. The van der Waals surface area contributed by atoms with E-state index in [2.05, 4.69) is 0 Å². The summed E-state index contributed by atoms with van der Waals surface area (Å²) in [5.41, 5.74) is 0.920. The predicted octanol–water partition coefficient (Wildman–Crippen LogP) is 0.712. The van der Waals surface area contributed by atoms with E-state index in [-0.39, 0.29) is 11.7 Å². The minimum Gasteiger partial charge on any atom is -0.315 e. The standard InChI is InChI=1S/C9H11NO2/c1-6-8(11)5-7-3-2-4-10(7)9(6)12/h3,6H,2,4-5H2,1H3. The van der Waals surface area contributed by atoms with Crippen LogP contribution in [-0.2, 0) is 9.59 Å². The molecule has 2 rings (SSSR count). The van der Waals surface area contributed by atoms with E-state index in [0.29, 0.717) is 6.42 Å². The van der Waals surface area contributed by atoms with E-state index in [1.54, 1.807) is 11.8 Å². The first-order valence-corrected chi connectivity index (χ1v) is 4.23. The molecule has 64 valence electrons. The van der Waals surface area contributed by atoms with Crippen LogP contribution in [-0.4, -0.2) is 23.1 Å². The highest BCUT2D eigenvalue weighted by molar-refractivity contribution is 6.05. The molecule has 1 saturated heterocycles. The number of Topliss-reactive ketones (excluding diaryl/α,β-unsaturated/α-hetero) is 1. The van der Waals surface area contributed by atoms with Crippen LogP contribution in [0, 0.1) is 5.92 Å². The fourth-order valence-electron chi connectivity index (χ4n) is 1.74. The van der Waals surface area contributed by atoms with Gasteiger partial charge in [0, 0.05) is 18.7 Å². The molecule has 0 aliphatic carbocycles. The van der Waals surface area contributed by atoms with E-state index in [1.165, 1.54) is 0 Å². The van der Waals surface area contributed by atoms with Crippen molar-refractivity contribution in [1.82, 2.24) is 4.90 Å². The fraction of sp³-hybridized carbons (Fsp3) is 0.556. The lowest BCUT2D eigenvalue weighted by atomic mass is 9.96. The molecule has 0 N–H and O–H groups in total. The third-order valence-corrected chi connectivity index (χ3v) is 2.55. The molecule has 2 aliphatic rings. The van der Waals surface area contributed by atoms with Gasteiger partial charge >= 0.3 is 0 Å². The summed E-state index contributed by atoms with van der Waals surface area (Å²) in [7, 11) is 0. The van der Waals surface area contributed by atoms with Crippen molar-refractivity contribution in [3.8, 4) is 0 Å². The highest BCUT2D eigenvalue weighted by Gasteiger charge is 2.36. The molecule has 1 atom stereocenters. The summed E-state index contributed by atoms with van der Waals surface area (Å²) >= 11 is 0. The average molecular weight is 165 g/mol. The van der Waals surface area contributed by atoms with Crippen molar-refractivity contribution in [1.29, 1.82) is 0 Å². The van der Waals surface area contributed by atoms with Gasteiger partial charge < -0.3 is 4.90 Å². The topological polar surface area (TPSA) is 37.4 Å². The van der Waals surface area contributed by atoms with Crippen molar-refractivity contribution in [3.63, 3.8) is 0 Å².